The molecule has 19 heavy (non-hydrogen) atoms. The van der Waals surface area contributed by atoms with Gasteiger partial charge in [0.05, 0.1) is 12.0 Å². The van der Waals surface area contributed by atoms with Crippen LogP contribution < -0.4 is 5.43 Å². The van der Waals surface area contributed by atoms with E-state index in [0.717, 1.165) is 6.42 Å². The van der Waals surface area contributed by atoms with Gasteiger partial charge in [-0.2, -0.15) is 0 Å². The summed E-state index contributed by atoms with van der Waals surface area (Å²) in [6.07, 6.45) is 3.04. The maximum atomic E-state index is 12.4. The second-order valence-corrected chi connectivity index (χ2v) is 4.18. The van der Waals surface area contributed by atoms with Gasteiger partial charge in [0.2, 0.25) is 5.43 Å². The van der Waals surface area contributed by atoms with Crippen LogP contribution in [0.3, 0.4) is 0 Å². The number of pyridine rings is 2. The van der Waals surface area contributed by atoms with Crippen molar-refractivity contribution in [3.05, 3.63) is 39.8 Å². The number of fused-ring (bicyclic) bond motifs is 1. The fourth-order valence-electron chi connectivity index (χ4n) is 2.02. The fraction of sp³-hybridized carbons (Fsp3) is 0.357. The molecule has 0 aromatic carbocycles. The minimum atomic E-state index is -0.571. The highest BCUT2D eigenvalue weighted by Crippen LogP contribution is 2.12. The molecular formula is C14H16N2O3. The Hall–Kier alpha value is -2.17. The molecule has 2 heterocycles. The smallest absolute Gasteiger partial charge is 0.343 e. The molecule has 0 saturated carbocycles. The highest BCUT2D eigenvalue weighted by molar-refractivity contribution is 5.94. The highest BCUT2D eigenvalue weighted by atomic mass is 16.5. The summed E-state index contributed by atoms with van der Waals surface area (Å²) in [5, 5.41) is 0.408. The standard InChI is InChI=1S/C14H16N2O3/c1-3-6-10-11(14(18)19-4-2)12(17)9-7-5-8-15-13(9)16-10/h5,7-8H,3-4,6H2,1-2H3,(H,15,16,17). The zero-order chi connectivity index (χ0) is 13.8. The summed E-state index contributed by atoms with van der Waals surface area (Å²) in [6.45, 7) is 3.94. The normalized spacial score (nSPS) is 10.6. The lowest BCUT2D eigenvalue weighted by molar-refractivity contribution is 0.0523. The van der Waals surface area contributed by atoms with Crippen molar-refractivity contribution in [3.8, 4) is 0 Å². The van der Waals surface area contributed by atoms with Gasteiger partial charge in [-0.3, -0.25) is 4.79 Å². The summed E-state index contributed by atoms with van der Waals surface area (Å²) in [6, 6.07) is 3.33. The van der Waals surface area contributed by atoms with Gasteiger partial charge in [0, 0.05) is 11.9 Å². The number of H-pyrrole nitrogens is 1. The third-order valence-electron chi connectivity index (χ3n) is 2.83. The minimum absolute atomic E-state index is 0.101. The zero-order valence-electron chi connectivity index (χ0n) is 11.0. The average Bonchev–Trinajstić information content (AvgIpc) is 2.39. The van der Waals surface area contributed by atoms with E-state index >= 15 is 0 Å². The summed E-state index contributed by atoms with van der Waals surface area (Å²) in [5.41, 5.74) is 0.883. The highest BCUT2D eigenvalue weighted by Gasteiger charge is 2.19. The molecule has 2 aromatic rings. The third kappa shape index (κ3) is 2.50. The second kappa shape index (κ2) is 5.65. The van der Waals surface area contributed by atoms with Crippen LogP contribution in [-0.2, 0) is 11.2 Å². The molecule has 2 rings (SSSR count). The van der Waals surface area contributed by atoms with Gasteiger partial charge < -0.3 is 9.72 Å². The van der Waals surface area contributed by atoms with Crippen molar-refractivity contribution in [1.82, 2.24) is 9.97 Å². The summed E-state index contributed by atoms with van der Waals surface area (Å²) in [5.74, 6) is -0.571. The maximum Gasteiger partial charge on any atom is 0.343 e. The Morgan fingerprint density at radius 2 is 2.21 bits per heavy atom. The van der Waals surface area contributed by atoms with Crippen LogP contribution in [0, 0.1) is 0 Å². The summed E-state index contributed by atoms with van der Waals surface area (Å²) >= 11 is 0. The molecule has 2 aromatic heterocycles. The van der Waals surface area contributed by atoms with Crippen LogP contribution in [0.15, 0.2) is 23.1 Å². The van der Waals surface area contributed by atoms with Crippen LogP contribution >= 0.6 is 0 Å². The first-order valence-corrected chi connectivity index (χ1v) is 6.36. The van der Waals surface area contributed by atoms with Gasteiger partial charge in [0.1, 0.15) is 11.2 Å². The van der Waals surface area contributed by atoms with E-state index in [9.17, 15) is 9.59 Å². The quantitative estimate of drug-likeness (QED) is 0.854. The van der Waals surface area contributed by atoms with E-state index in [1.165, 1.54) is 0 Å². The van der Waals surface area contributed by atoms with Crippen molar-refractivity contribution in [3.63, 3.8) is 0 Å². The van der Waals surface area contributed by atoms with Crippen molar-refractivity contribution in [1.29, 1.82) is 0 Å². The van der Waals surface area contributed by atoms with E-state index in [0.29, 0.717) is 23.1 Å². The van der Waals surface area contributed by atoms with Crippen molar-refractivity contribution < 1.29 is 9.53 Å². The Kier molecular flexibility index (Phi) is 3.94. The average molecular weight is 260 g/mol. The molecule has 0 aliphatic carbocycles. The second-order valence-electron chi connectivity index (χ2n) is 4.18. The largest absolute Gasteiger partial charge is 0.462 e. The van der Waals surface area contributed by atoms with Crippen LogP contribution in [0.5, 0.6) is 0 Å². The minimum Gasteiger partial charge on any atom is -0.462 e. The zero-order valence-corrected chi connectivity index (χ0v) is 11.0. The molecule has 5 heteroatoms. The number of carbonyl (C=O) groups excluding carboxylic acids is 1. The Morgan fingerprint density at radius 3 is 2.89 bits per heavy atom. The lowest BCUT2D eigenvalue weighted by Crippen LogP contribution is -2.22. The van der Waals surface area contributed by atoms with Gasteiger partial charge in [-0.1, -0.05) is 13.3 Å². The number of nitrogens with zero attached hydrogens (tertiary/aromatic N) is 1. The molecule has 0 spiro atoms. The van der Waals surface area contributed by atoms with Crippen LogP contribution in [0.1, 0.15) is 36.3 Å². The SMILES string of the molecule is CCCc1[nH]c2ncccc2c(=O)c1C(=O)OCC. The summed E-state index contributed by atoms with van der Waals surface area (Å²) in [4.78, 5) is 31.5. The number of hydrogen-bond donors (Lipinski definition) is 1. The molecular weight excluding hydrogens is 244 g/mol. The van der Waals surface area contributed by atoms with E-state index in [1.54, 1.807) is 25.3 Å². The van der Waals surface area contributed by atoms with E-state index in [4.69, 9.17) is 4.74 Å². The van der Waals surface area contributed by atoms with Crippen LogP contribution in [0.25, 0.3) is 11.0 Å². The van der Waals surface area contributed by atoms with Crippen molar-refractivity contribution in [2.75, 3.05) is 6.61 Å². The van der Waals surface area contributed by atoms with Gasteiger partial charge in [-0.15, -0.1) is 0 Å². The number of aromatic amines is 1. The first-order valence-electron chi connectivity index (χ1n) is 6.36. The molecule has 0 saturated heterocycles. The van der Waals surface area contributed by atoms with E-state index in [-0.39, 0.29) is 17.6 Å². The number of aryl methyl sites for hydroxylation is 1. The first kappa shape index (κ1) is 13.3. The Bertz CT molecular complexity index is 661. The Balaban J connectivity index is 2.71. The Labute approximate surface area is 110 Å². The lowest BCUT2D eigenvalue weighted by atomic mass is 10.1. The number of esters is 1. The van der Waals surface area contributed by atoms with Crippen LogP contribution in [-0.4, -0.2) is 22.5 Å². The number of rotatable bonds is 4. The molecule has 5 nitrogen and oxygen atoms in total. The topological polar surface area (TPSA) is 72.0 Å². The predicted molar refractivity (Wildman–Crippen MR) is 72.3 cm³/mol. The van der Waals surface area contributed by atoms with Gasteiger partial charge >= 0.3 is 5.97 Å². The number of hydrogen-bond acceptors (Lipinski definition) is 4. The van der Waals surface area contributed by atoms with E-state index in [2.05, 4.69) is 9.97 Å². The van der Waals surface area contributed by atoms with E-state index in [1.807, 2.05) is 6.92 Å². The van der Waals surface area contributed by atoms with Crippen molar-refractivity contribution >= 4 is 17.0 Å². The monoisotopic (exact) mass is 260 g/mol. The van der Waals surface area contributed by atoms with Gasteiger partial charge in [0.25, 0.3) is 0 Å². The maximum absolute atomic E-state index is 12.4. The molecule has 0 amide bonds. The van der Waals surface area contributed by atoms with Crippen molar-refractivity contribution in [2.24, 2.45) is 0 Å². The third-order valence-corrected chi connectivity index (χ3v) is 2.83. The molecule has 0 unspecified atom stereocenters. The number of nitrogens with one attached hydrogen (secondary N) is 1. The van der Waals surface area contributed by atoms with Gasteiger partial charge in [-0.25, -0.2) is 9.78 Å². The molecule has 0 radical (unpaired) electrons. The van der Waals surface area contributed by atoms with E-state index < -0.39 is 5.97 Å². The van der Waals surface area contributed by atoms with Crippen molar-refractivity contribution in [2.45, 2.75) is 26.7 Å². The fourth-order valence-corrected chi connectivity index (χ4v) is 2.02. The molecule has 100 valence electrons. The number of aromatic nitrogens is 2. The number of carbonyl (C=O) groups is 1. The first-order chi connectivity index (χ1) is 9.19. The van der Waals surface area contributed by atoms with Gasteiger partial charge in [0.15, 0.2) is 0 Å². The summed E-state index contributed by atoms with van der Waals surface area (Å²) in [7, 11) is 0. The van der Waals surface area contributed by atoms with Crippen LogP contribution in [0.4, 0.5) is 0 Å². The molecule has 0 aliphatic rings. The number of ether oxygens (including phenoxy) is 1. The molecule has 0 atom stereocenters. The molecule has 0 bridgehead atoms. The predicted octanol–water partition coefficient (Wildman–Crippen LogP) is 2.05. The Morgan fingerprint density at radius 1 is 1.42 bits per heavy atom. The summed E-state index contributed by atoms with van der Waals surface area (Å²) < 4.78 is 4.97. The lowest BCUT2D eigenvalue weighted by Gasteiger charge is -2.09. The molecule has 0 aliphatic heterocycles. The van der Waals surface area contributed by atoms with Crippen LogP contribution in [0.2, 0.25) is 0 Å². The molecule has 0 fully saturated rings. The molecule has 1 N–H and O–H groups in total. The van der Waals surface area contributed by atoms with Gasteiger partial charge in [-0.05, 0) is 25.5 Å².